The van der Waals surface area contributed by atoms with Crippen LogP contribution in [0.4, 0.5) is 0 Å². The van der Waals surface area contributed by atoms with Gasteiger partial charge < -0.3 is 19.9 Å². The van der Waals surface area contributed by atoms with E-state index in [4.69, 9.17) is 9.26 Å². The van der Waals surface area contributed by atoms with Crippen molar-refractivity contribution in [1.82, 2.24) is 20.8 Å². The van der Waals surface area contributed by atoms with Crippen LogP contribution in [-0.4, -0.2) is 36.3 Å². The summed E-state index contributed by atoms with van der Waals surface area (Å²) in [6.45, 7) is 10.5. The van der Waals surface area contributed by atoms with E-state index < -0.39 is 0 Å². The molecule has 0 saturated carbocycles. The molecule has 1 aromatic carbocycles. The van der Waals surface area contributed by atoms with E-state index in [2.05, 4.69) is 64.7 Å². The Morgan fingerprint density at radius 2 is 2.07 bits per heavy atom. The molecule has 1 aromatic heterocycles. The zero-order valence-corrected chi connectivity index (χ0v) is 17.7. The molecule has 0 aliphatic carbocycles. The van der Waals surface area contributed by atoms with E-state index in [0.29, 0.717) is 24.2 Å². The fourth-order valence-corrected chi connectivity index (χ4v) is 2.63. The van der Waals surface area contributed by atoms with Crippen LogP contribution in [0.5, 0.6) is 5.75 Å². The second-order valence-electron chi connectivity index (χ2n) is 7.33. The highest BCUT2D eigenvalue weighted by atomic mass is 16.5. The molecule has 7 nitrogen and oxygen atoms in total. The van der Waals surface area contributed by atoms with Crippen molar-refractivity contribution in [1.29, 1.82) is 0 Å². The molecule has 0 radical (unpaired) electrons. The highest BCUT2D eigenvalue weighted by molar-refractivity contribution is 5.79. The quantitative estimate of drug-likeness (QED) is 0.369. The number of rotatable bonds is 10. The SMILES string of the molecule is CN=C(NCCCc1nc(C)no1)NCc1ccc(C)cc1OCCC(C)C. The van der Waals surface area contributed by atoms with Crippen LogP contribution < -0.4 is 15.4 Å². The van der Waals surface area contributed by atoms with E-state index in [-0.39, 0.29) is 0 Å². The molecule has 1 heterocycles. The lowest BCUT2D eigenvalue weighted by Gasteiger charge is -2.16. The molecule has 0 aliphatic heterocycles. The van der Waals surface area contributed by atoms with Crippen molar-refractivity contribution in [2.75, 3.05) is 20.2 Å². The fourth-order valence-electron chi connectivity index (χ4n) is 2.63. The number of hydrogen-bond acceptors (Lipinski definition) is 5. The average Bonchev–Trinajstić information content (AvgIpc) is 3.07. The van der Waals surface area contributed by atoms with E-state index in [0.717, 1.165) is 49.7 Å². The van der Waals surface area contributed by atoms with Crippen LogP contribution in [-0.2, 0) is 13.0 Å². The van der Waals surface area contributed by atoms with E-state index >= 15 is 0 Å². The molecule has 28 heavy (non-hydrogen) atoms. The van der Waals surface area contributed by atoms with Gasteiger partial charge in [-0.2, -0.15) is 4.98 Å². The predicted molar refractivity (Wildman–Crippen MR) is 112 cm³/mol. The number of aliphatic imine (C=N–C) groups is 1. The molecule has 0 amide bonds. The number of hydrogen-bond donors (Lipinski definition) is 2. The smallest absolute Gasteiger partial charge is 0.226 e. The molecule has 0 saturated heterocycles. The van der Waals surface area contributed by atoms with E-state index in [1.54, 1.807) is 7.05 Å². The monoisotopic (exact) mass is 387 g/mol. The molecular formula is C21H33N5O2. The van der Waals surface area contributed by atoms with Gasteiger partial charge in [0.15, 0.2) is 11.8 Å². The first kappa shape index (κ1) is 21.7. The summed E-state index contributed by atoms with van der Waals surface area (Å²) in [7, 11) is 1.77. The van der Waals surface area contributed by atoms with Crippen molar-refractivity contribution in [2.24, 2.45) is 10.9 Å². The van der Waals surface area contributed by atoms with Crippen molar-refractivity contribution in [3.63, 3.8) is 0 Å². The summed E-state index contributed by atoms with van der Waals surface area (Å²) in [6.07, 6.45) is 2.68. The third-order valence-corrected chi connectivity index (χ3v) is 4.27. The minimum Gasteiger partial charge on any atom is -0.493 e. The van der Waals surface area contributed by atoms with Gasteiger partial charge in [-0.25, -0.2) is 0 Å². The molecule has 0 bridgehead atoms. The Hall–Kier alpha value is -2.57. The van der Waals surface area contributed by atoms with Crippen LogP contribution in [0.25, 0.3) is 0 Å². The summed E-state index contributed by atoms with van der Waals surface area (Å²) < 4.78 is 11.1. The summed E-state index contributed by atoms with van der Waals surface area (Å²) in [6, 6.07) is 6.31. The first-order chi connectivity index (χ1) is 13.5. The van der Waals surface area contributed by atoms with Crippen LogP contribution in [0, 0.1) is 19.8 Å². The number of nitrogens with zero attached hydrogens (tertiary/aromatic N) is 3. The van der Waals surface area contributed by atoms with Crippen LogP contribution >= 0.6 is 0 Å². The highest BCUT2D eigenvalue weighted by Gasteiger charge is 2.07. The van der Waals surface area contributed by atoms with Crippen molar-refractivity contribution < 1.29 is 9.26 Å². The molecule has 2 rings (SSSR count). The Morgan fingerprint density at radius 3 is 2.75 bits per heavy atom. The van der Waals surface area contributed by atoms with Crippen molar-refractivity contribution in [2.45, 2.75) is 53.5 Å². The van der Waals surface area contributed by atoms with Crippen molar-refractivity contribution in [3.8, 4) is 5.75 Å². The van der Waals surface area contributed by atoms with Gasteiger partial charge >= 0.3 is 0 Å². The molecule has 0 spiro atoms. The number of guanidine groups is 1. The van der Waals surface area contributed by atoms with Gasteiger partial charge in [-0.15, -0.1) is 0 Å². The Morgan fingerprint density at radius 1 is 1.25 bits per heavy atom. The maximum Gasteiger partial charge on any atom is 0.226 e. The van der Waals surface area contributed by atoms with Gasteiger partial charge in [0.25, 0.3) is 0 Å². The summed E-state index contributed by atoms with van der Waals surface area (Å²) >= 11 is 0. The first-order valence-electron chi connectivity index (χ1n) is 9.94. The minimum atomic E-state index is 0.630. The lowest BCUT2D eigenvalue weighted by Crippen LogP contribution is -2.37. The van der Waals surface area contributed by atoms with Crippen molar-refractivity contribution in [3.05, 3.63) is 41.0 Å². The molecule has 0 unspecified atom stereocenters. The van der Waals surface area contributed by atoms with Crippen molar-refractivity contribution >= 4 is 5.96 Å². The first-order valence-corrected chi connectivity index (χ1v) is 9.94. The Balaban J connectivity index is 1.80. The zero-order chi connectivity index (χ0) is 20.4. The third kappa shape index (κ3) is 7.58. The van der Waals surface area contributed by atoms with Gasteiger partial charge in [-0.3, -0.25) is 4.99 Å². The molecule has 2 aromatic rings. The number of ether oxygens (including phenoxy) is 1. The van der Waals surface area contributed by atoms with Crippen LogP contribution in [0.2, 0.25) is 0 Å². The normalized spacial score (nSPS) is 11.7. The molecule has 0 aliphatic rings. The molecule has 2 N–H and O–H groups in total. The topological polar surface area (TPSA) is 84.6 Å². The van der Waals surface area contributed by atoms with Crippen LogP contribution in [0.1, 0.15) is 49.5 Å². The second-order valence-corrected chi connectivity index (χ2v) is 7.33. The third-order valence-electron chi connectivity index (χ3n) is 4.27. The number of nitrogens with one attached hydrogen (secondary N) is 2. The Kier molecular flexibility index (Phi) is 8.78. The van der Waals surface area contributed by atoms with Gasteiger partial charge in [0, 0.05) is 32.1 Å². The lowest BCUT2D eigenvalue weighted by molar-refractivity contribution is 0.286. The summed E-state index contributed by atoms with van der Waals surface area (Å²) in [5.74, 6) is 3.67. The Labute approximate surface area is 168 Å². The lowest BCUT2D eigenvalue weighted by atomic mass is 10.1. The van der Waals surface area contributed by atoms with Gasteiger partial charge in [0.1, 0.15) is 5.75 Å². The standard InChI is InChI=1S/C21H33N5O2/c1-15(2)10-12-27-19-13-16(3)8-9-18(19)14-24-21(22-5)23-11-6-7-20-25-17(4)26-28-20/h8-9,13,15H,6-7,10-12,14H2,1-5H3,(H2,22,23,24). The maximum atomic E-state index is 6.02. The largest absolute Gasteiger partial charge is 0.493 e. The maximum absolute atomic E-state index is 6.02. The summed E-state index contributed by atoms with van der Waals surface area (Å²) in [5, 5.41) is 10.5. The van der Waals surface area contributed by atoms with Gasteiger partial charge in [-0.1, -0.05) is 31.1 Å². The number of aryl methyl sites for hydroxylation is 3. The van der Waals surface area contributed by atoms with Gasteiger partial charge in [0.05, 0.1) is 6.61 Å². The molecule has 0 atom stereocenters. The Bertz CT molecular complexity index is 755. The fraction of sp³-hybridized carbons (Fsp3) is 0.571. The number of aromatic nitrogens is 2. The van der Waals surface area contributed by atoms with Crippen LogP contribution in [0.3, 0.4) is 0 Å². The molecule has 154 valence electrons. The minimum absolute atomic E-state index is 0.630. The molecular weight excluding hydrogens is 354 g/mol. The van der Waals surface area contributed by atoms with E-state index in [1.165, 1.54) is 5.56 Å². The second kappa shape index (κ2) is 11.3. The zero-order valence-electron chi connectivity index (χ0n) is 17.7. The van der Waals surface area contributed by atoms with Gasteiger partial charge in [0.2, 0.25) is 5.89 Å². The molecule has 7 heteroatoms. The summed E-state index contributed by atoms with van der Waals surface area (Å²) in [5.41, 5.74) is 2.32. The average molecular weight is 388 g/mol. The predicted octanol–water partition coefficient (Wildman–Crippen LogP) is 3.41. The highest BCUT2D eigenvalue weighted by Crippen LogP contribution is 2.21. The number of benzene rings is 1. The van der Waals surface area contributed by atoms with E-state index in [1.807, 2.05) is 6.92 Å². The van der Waals surface area contributed by atoms with E-state index in [9.17, 15) is 0 Å². The van der Waals surface area contributed by atoms with Gasteiger partial charge in [-0.05, 0) is 44.2 Å². The summed E-state index contributed by atoms with van der Waals surface area (Å²) in [4.78, 5) is 8.50. The van der Waals surface area contributed by atoms with Crippen LogP contribution in [0.15, 0.2) is 27.7 Å². The molecule has 0 fully saturated rings.